The van der Waals surface area contributed by atoms with Crippen molar-refractivity contribution < 1.29 is 4.79 Å². The van der Waals surface area contributed by atoms with Crippen molar-refractivity contribution in [3.8, 4) is 0 Å². The smallest absolute Gasteiger partial charge is 0.273 e. The molecule has 0 aliphatic heterocycles. The van der Waals surface area contributed by atoms with E-state index in [9.17, 15) is 4.79 Å². The number of benzene rings is 1. The van der Waals surface area contributed by atoms with Crippen LogP contribution in [0.25, 0.3) is 0 Å². The van der Waals surface area contributed by atoms with Gasteiger partial charge in [0.05, 0.1) is 11.0 Å². The minimum absolute atomic E-state index is 0.213. The molecule has 0 bridgehead atoms. The number of aromatic nitrogens is 4. The summed E-state index contributed by atoms with van der Waals surface area (Å²) in [4.78, 5) is 12.2. The summed E-state index contributed by atoms with van der Waals surface area (Å²) >= 11 is 3.37. The van der Waals surface area contributed by atoms with Gasteiger partial charge in [0.25, 0.3) is 5.91 Å². The van der Waals surface area contributed by atoms with E-state index in [-0.39, 0.29) is 5.91 Å². The molecule has 0 atom stereocenters. The van der Waals surface area contributed by atoms with Gasteiger partial charge in [-0.15, -0.1) is 0 Å². The Morgan fingerprint density at radius 1 is 1.30 bits per heavy atom. The molecule has 2 heterocycles. The Balaban J connectivity index is 1.71. The van der Waals surface area contributed by atoms with Crippen LogP contribution in [0.1, 0.15) is 27.3 Å². The fourth-order valence-corrected chi connectivity index (χ4v) is 2.64. The van der Waals surface area contributed by atoms with Crippen LogP contribution >= 0.6 is 15.9 Å². The average molecular weight is 374 g/mol. The molecule has 6 nitrogen and oxygen atoms in total. The maximum atomic E-state index is 12.2. The number of amides is 1. The van der Waals surface area contributed by atoms with Crippen LogP contribution in [0.15, 0.2) is 47.2 Å². The Kier molecular flexibility index (Phi) is 4.57. The van der Waals surface area contributed by atoms with Crippen molar-refractivity contribution in [3.63, 3.8) is 0 Å². The first-order valence-corrected chi connectivity index (χ1v) is 7.97. The van der Waals surface area contributed by atoms with Crippen LogP contribution in [0.5, 0.6) is 0 Å². The van der Waals surface area contributed by atoms with Gasteiger partial charge in [-0.25, -0.2) is 0 Å². The SMILES string of the molecule is Cc1[nH]nc(C(=O)NCc2ccccc2Cn2cccn2)c1Br. The van der Waals surface area contributed by atoms with Gasteiger partial charge in [-0.1, -0.05) is 24.3 Å². The van der Waals surface area contributed by atoms with Crippen LogP contribution in [0.2, 0.25) is 0 Å². The van der Waals surface area contributed by atoms with E-state index in [0.717, 1.165) is 16.8 Å². The van der Waals surface area contributed by atoms with Gasteiger partial charge in [0.1, 0.15) is 0 Å². The van der Waals surface area contributed by atoms with Crippen LogP contribution in [0, 0.1) is 6.92 Å². The number of nitrogens with one attached hydrogen (secondary N) is 2. The molecule has 0 radical (unpaired) electrons. The number of halogens is 1. The molecule has 0 saturated heterocycles. The Labute approximate surface area is 142 Å². The molecule has 7 heteroatoms. The van der Waals surface area contributed by atoms with E-state index in [0.29, 0.717) is 23.3 Å². The highest BCUT2D eigenvalue weighted by molar-refractivity contribution is 9.10. The largest absolute Gasteiger partial charge is 0.347 e. The third-order valence-electron chi connectivity index (χ3n) is 3.54. The van der Waals surface area contributed by atoms with E-state index < -0.39 is 0 Å². The number of carbonyl (C=O) groups excluding carboxylic acids is 1. The molecule has 3 rings (SSSR count). The highest BCUT2D eigenvalue weighted by Gasteiger charge is 2.15. The van der Waals surface area contributed by atoms with Gasteiger partial charge < -0.3 is 5.32 Å². The Hall–Kier alpha value is -2.41. The van der Waals surface area contributed by atoms with Gasteiger partial charge in [-0.3, -0.25) is 14.6 Å². The molecule has 0 aliphatic carbocycles. The summed E-state index contributed by atoms with van der Waals surface area (Å²) in [6.45, 7) is 2.96. The van der Waals surface area contributed by atoms with Crippen molar-refractivity contribution in [3.05, 3.63) is 69.7 Å². The highest BCUT2D eigenvalue weighted by atomic mass is 79.9. The molecule has 118 valence electrons. The minimum Gasteiger partial charge on any atom is -0.347 e. The van der Waals surface area contributed by atoms with Gasteiger partial charge in [-0.2, -0.15) is 10.2 Å². The van der Waals surface area contributed by atoms with E-state index in [2.05, 4.69) is 36.5 Å². The second-order valence-electron chi connectivity index (χ2n) is 5.17. The lowest BCUT2D eigenvalue weighted by molar-refractivity contribution is 0.0945. The molecule has 0 unspecified atom stereocenters. The summed E-state index contributed by atoms with van der Waals surface area (Å²) in [5.74, 6) is -0.213. The van der Waals surface area contributed by atoms with Crippen molar-refractivity contribution in [2.75, 3.05) is 0 Å². The lowest BCUT2D eigenvalue weighted by atomic mass is 10.1. The standard InChI is InChI=1S/C16H16BrN5O/c1-11-14(17)15(21-20-11)16(23)18-9-12-5-2-3-6-13(12)10-22-8-4-7-19-22/h2-8H,9-10H2,1H3,(H,18,23)(H,20,21). The lowest BCUT2D eigenvalue weighted by Gasteiger charge is -2.10. The molecule has 3 aromatic rings. The zero-order valence-corrected chi connectivity index (χ0v) is 14.2. The van der Waals surface area contributed by atoms with Crippen molar-refractivity contribution in [2.45, 2.75) is 20.0 Å². The normalized spacial score (nSPS) is 10.7. The molecular weight excluding hydrogens is 358 g/mol. The number of aryl methyl sites for hydroxylation is 1. The number of aromatic amines is 1. The van der Waals surface area contributed by atoms with E-state index in [1.54, 1.807) is 6.20 Å². The van der Waals surface area contributed by atoms with E-state index >= 15 is 0 Å². The summed E-state index contributed by atoms with van der Waals surface area (Å²) in [7, 11) is 0. The van der Waals surface area contributed by atoms with Crippen molar-refractivity contribution in [1.82, 2.24) is 25.3 Å². The van der Waals surface area contributed by atoms with Crippen LogP contribution in [0.4, 0.5) is 0 Å². The number of H-pyrrole nitrogens is 1. The maximum Gasteiger partial charge on any atom is 0.273 e. The van der Waals surface area contributed by atoms with Crippen LogP contribution in [-0.4, -0.2) is 25.9 Å². The third kappa shape index (κ3) is 3.50. The number of nitrogens with zero attached hydrogens (tertiary/aromatic N) is 3. The highest BCUT2D eigenvalue weighted by Crippen LogP contribution is 2.18. The quantitative estimate of drug-likeness (QED) is 0.721. The van der Waals surface area contributed by atoms with E-state index in [4.69, 9.17) is 0 Å². The number of rotatable bonds is 5. The minimum atomic E-state index is -0.213. The summed E-state index contributed by atoms with van der Waals surface area (Å²) < 4.78 is 2.55. The van der Waals surface area contributed by atoms with Gasteiger partial charge >= 0.3 is 0 Å². The molecule has 23 heavy (non-hydrogen) atoms. The Morgan fingerprint density at radius 2 is 2.09 bits per heavy atom. The van der Waals surface area contributed by atoms with Crippen LogP contribution < -0.4 is 5.32 Å². The van der Waals surface area contributed by atoms with Gasteiger partial charge in [0.2, 0.25) is 0 Å². The predicted octanol–water partition coefficient (Wildman–Crippen LogP) is 2.66. The lowest BCUT2D eigenvalue weighted by Crippen LogP contribution is -2.24. The van der Waals surface area contributed by atoms with Crippen LogP contribution in [-0.2, 0) is 13.1 Å². The molecule has 2 N–H and O–H groups in total. The summed E-state index contributed by atoms with van der Waals surface area (Å²) in [5.41, 5.74) is 3.37. The maximum absolute atomic E-state index is 12.2. The number of hydrogen-bond donors (Lipinski definition) is 2. The number of carbonyl (C=O) groups is 1. The monoisotopic (exact) mass is 373 g/mol. The second kappa shape index (κ2) is 6.78. The Morgan fingerprint density at radius 3 is 2.74 bits per heavy atom. The molecule has 0 spiro atoms. The summed E-state index contributed by atoms with van der Waals surface area (Å²) in [6.07, 6.45) is 3.67. The summed E-state index contributed by atoms with van der Waals surface area (Å²) in [5, 5.41) is 13.9. The molecule has 0 fully saturated rings. The zero-order valence-electron chi connectivity index (χ0n) is 12.6. The van der Waals surface area contributed by atoms with Gasteiger partial charge in [-0.05, 0) is 40.0 Å². The summed E-state index contributed by atoms with van der Waals surface area (Å²) in [6, 6.07) is 9.88. The first-order chi connectivity index (χ1) is 11.1. The third-order valence-corrected chi connectivity index (χ3v) is 4.51. The van der Waals surface area contributed by atoms with Gasteiger partial charge in [0.15, 0.2) is 5.69 Å². The van der Waals surface area contributed by atoms with Crippen molar-refractivity contribution in [2.24, 2.45) is 0 Å². The Bertz CT molecular complexity index is 810. The fourth-order valence-electron chi connectivity index (χ4n) is 2.28. The predicted molar refractivity (Wildman–Crippen MR) is 90.0 cm³/mol. The second-order valence-corrected chi connectivity index (χ2v) is 5.96. The molecule has 1 aromatic carbocycles. The topological polar surface area (TPSA) is 75.6 Å². The van der Waals surface area contributed by atoms with Crippen molar-refractivity contribution >= 4 is 21.8 Å². The number of hydrogen-bond acceptors (Lipinski definition) is 3. The van der Waals surface area contributed by atoms with E-state index in [1.165, 1.54) is 0 Å². The molecular formula is C16H16BrN5O. The van der Waals surface area contributed by atoms with E-state index in [1.807, 2.05) is 48.1 Å². The molecule has 0 aliphatic rings. The first kappa shape index (κ1) is 15.5. The van der Waals surface area contributed by atoms with Crippen LogP contribution in [0.3, 0.4) is 0 Å². The first-order valence-electron chi connectivity index (χ1n) is 7.18. The molecule has 2 aromatic heterocycles. The molecule has 0 saturated carbocycles. The average Bonchev–Trinajstić information content (AvgIpc) is 3.17. The zero-order chi connectivity index (χ0) is 16.2. The molecule has 1 amide bonds. The fraction of sp³-hybridized carbons (Fsp3) is 0.188. The van der Waals surface area contributed by atoms with Crippen molar-refractivity contribution in [1.29, 1.82) is 0 Å². The van der Waals surface area contributed by atoms with Gasteiger partial charge in [0, 0.05) is 24.6 Å².